The van der Waals surface area contributed by atoms with Gasteiger partial charge in [-0.15, -0.1) is 11.3 Å². The first kappa shape index (κ1) is 35.4. The largest absolute Gasteiger partial charge is 0.519 e. The van der Waals surface area contributed by atoms with Gasteiger partial charge in [0, 0.05) is 12.0 Å². The number of allylic oxidation sites excluding steroid dienone is 3. The lowest BCUT2D eigenvalue weighted by molar-refractivity contribution is -0.181. The minimum absolute atomic E-state index is 0.0304. The van der Waals surface area contributed by atoms with E-state index < -0.39 is 56.6 Å². The highest BCUT2D eigenvalue weighted by Gasteiger charge is 2.64. The number of ether oxygens (including phenoxy) is 2. The Hall–Kier alpha value is -2.95. The van der Waals surface area contributed by atoms with Crippen LogP contribution in [0.4, 0.5) is 0 Å². The van der Waals surface area contributed by atoms with E-state index in [1.165, 1.54) is 35.6 Å². The Bertz CT molecular complexity index is 1680. The minimum Gasteiger partial charge on any atom is -0.396 e. The van der Waals surface area contributed by atoms with E-state index in [1.807, 2.05) is 0 Å². The zero-order valence-corrected chi connectivity index (χ0v) is 29.0. The molecule has 254 valence electrons. The second-order valence-corrected chi connectivity index (χ2v) is 15.5. The van der Waals surface area contributed by atoms with Crippen molar-refractivity contribution in [3.05, 3.63) is 68.1 Å². The average Bonchev–Trinajstić information content (AvgIpc) is 3.71. The number of aromatic nitrogens is 1. The van der Waals surface area contributed by atoms with Gasteiger partial charge in [-0.25, -0.2) is 14.0 Å². The SMILES string of the molecule is C/C1=C/[C@@H](O[C@@H]2CCCCO2)C(=O)/C=C\C=C/c2csc(n2)[C@@H](C)N2C(=O)C[C@@]([C@@](C)(O)C(=O)SCc3oc(=O)oc3C)(CC1)[S@@]2=O. The van der Waals surface area contributed by atoms with Crippen molar-refractivity contribution in [2.45, 2.75) is 101 Å². The van der Waals surface area contributed by atoms with Crippen molar-refractivity contribution in [2.24, 2.45) is 0 Å². The van der Waals surface area contributed by atoms with E-state index in [4.69, 9.17) is 18.3 Å². The molecule has 15 heteroatoms. The van der Waals surface area contributed by atoms with Gasteiger partial charge in [-0.1, -0.05) is 29.5 Å². The summed E-state index contributed by atoms with van der Waals surface area (Å²) in [7, 11) is -2.18. The molecule has 5 rings (SSSR count). The topological polar surface area (TPSA) is 166 Å². The number of fused-ring (bicyclic) bond motifs is 4. The van der Waals surface area contributed by atoms with Gasteiger partial charge in [0.25, 0.3) is 0 Å². The van der Waals surface area contributed by atoms with Crippen LogP contribution in [0.1, 0.15) is 87.6 Å². The highest BCUT2D eigenvalue weighted by molar-refractivity contribution is 8.13. The number of thioether (sulfide) groups is 1. The number of hydrogen-bond acceptors (Lipinski definition) is 13. The molecule has 3 aliphatic heterocycles. The third-order valence-electron chi connectivity index (χ3n) is 8.61. The van der Waals surface area contributed by atoms with Crippen molar-refractivity contribution in [2.75, 3.05) is 6.61 Å². The predicted molar refractivity (Wildman–Crippen MR) is 176 cm³/mol. The van der Waals surface area contributed by atoms with E-state index in [-0.39, 0.29) is 42.3 Å². The van der Waals surface area contributed by atoms with Crippen LogP contribution in [-0.2, 0) is 40.6 Å². The van der Waals surface area contributed by atoms with Crippen LogP contribution in [0, 0.1) is 6.92 Å². The van der Waals surface area contributed by atoms with E-state index in [0.29, 0.717) is 41.1 Å². The monoisotopic (exact) mass is 706 g/mol. The number of aryl methyl sites for hydroxylation is 1. The Morgan fingerprint density at radius 3 is 2.70 bits per heavy atom. The summed E-state index contributed by atoms with van der Waals surface area (Å²) in [4.78, 5) is 56.9. The van der Waals surface area contributed by atoms with Crippen molar-refractivity contribution in [1.29, 1.82) is 0 Å². The second kappa shape index (κ2) is 14.7. The van der Waals surface area contributed by atoms with Gasteiger partial charge in [0.2, 0.25) is 11.0 Å². The van der Waals surface area contributed by atoms with Crippen molar-refractivity contribution in [3.8, 4) is 0 Å². The first-order chi connectivity index (χ1) is 22.3. The standard InChI is InChI=1S/C32H38N2O10S3/c1-19-12-13-32(31(4,39)29(37)46-18-25-21(3)42-30(38)44-25)16-26(36)34(47(32)40)20(2)28-33-22(17-45-28)9-5-6-10-23(35)24(15-19)43-27-11-7-8-14-41-27/h5-6,9-10,15,17,20,24,27,39H,7-8,11-14,16,18H2,1-4H3/b9-5-,10-6-,19-15-/t20-,24-,27-,31+,32-,47+/m1/s1. The van der Waals surface area contributed by atoms with E-state index in [1.54, 1.807) is 43.5 Å². The highest BCUT2D eigenvalue weighted by atomic mass is 32.2. The number of ketones is 1. The predicted octanol–water partition coefficient (Wildman–Crippen LogP) is 4.69. The summed E-state index contributed by atoms with van der Waals surface area (Å²) >= 11 is 1.96. The molecular weight excluding hydrogens is 669 g/mol. The maximum Gasteiger partial charge on any atom is 0.519 e. The molecule has 47 heavy (non-hydrogen) atoms. The van der Waals surface area contributed by atoms with Gasteiger partial charge in [0.15, 0.2) is 17.8 Å². The molecule has 12 nitrogen and oxygen atoms in total. The lowest BCUT2D eigenvalue weighted by Gasteiger charge is -2.39. The van der Waals surface area contributed by atoms with Gasteiger partial charge in [-0.2, -0.15) is 0 Å². The molecular formula is C32H38N2O10S3. The summed E-state index contributed by atoms with van der Waals surface area (Å²) in [6, 6.07) is -0.712. The molecule has 2 aromatic heterocycles. The fraction of sp³-hybridized carbons (Fsp3) is 0.531. The van der Waals surface area contributed by atoms with Crippen LogP contribution in [0.25, 0.3) is 6.08 Å². The number of nitrogens with zero attached hydrogens (tertiary/aromatic N) is 2. The van der Waals surface area contributed by atoms with Crippen LogP contribution in [0.15, 0.2) is 48.9 Å². The number of amides is 1. The molecule has 0 radical (unpaired) electrons. The molecule has 0 aromatic carbocycles. The molecule has 0 aliphatic carbocycles. The molecule has 0 unspecified atom stereocenters. The van der Waals surface area contributed by atoms with Crippen molar-refractivity contribution < 1.29 is 42.0 Å². The molecule has 0 saturated carbocycles. The van der Waals surface area contributed by atoms with Gasteiger partial charge >= 0.3 is 5.82 Å². The molecule has 1 amide bonds. The zero-order chi connectivity index (χ0) is 33.9. The summed E-state index contributed by atoms with van der Waals surface area (Å²) in [5.74, 6) is -1.49. The molecule has 2 saturated heterocycles. The minimum atomic E-state index is -2.27. The molecule has 6 atom stereocenters. The molecule has 2 aromatic rings. The Morgan fingerprint density at radius 1 is 1.23 bits per heavy atom. The zero-order valence-electron chi connectivity index (χ0n) is 26.6. The Morgan fingerprint density at radius 2 is 2.00 bits per heavy atom. The van der Waals surface area contributed by atoms with E-state index in [0.717, 1.165) is 12.8 Å². The summed E-state index contributed by atoms with van der Waals surface area (Å²) in [6.07, 6.45) is 8.85. The van der Waals surface area contributed by atoms with Gasteiger partial charge in [0.1, 0.15) is 38.2 Å². The van der Waals surface area contributed by atoms with E-state index >= 15 is 0 Å². The summed E-state index contributed by atoms with van der Waals surface area (Å²) in [5, 5.41) is 13.6. The van der Waals surface area contributed by atoms with Crippen LogP contribution in [0.5, 0.6) is 0 Å². The fourth-order valence-corrected chi connectivity index (χ4v) is 9.66. The fourth-order valence-electron chi connectivity index (χ4n) is 5.73. The smallest absolute Gasteiger partial charge is 0.396 e. The highest BCUT2D eigenvalue weighted by Crippen LogP contribution is 2.48. The third-order valence-corrected chi connectivity index (χ3v) is 13.0. The summed E-state index contributed by atoms with van der Waals surface area (Å²) in [6.45, 7) is 6.81. The molecule has 4 bridgehead atoms. The van der Waals surface area contributed by atoms with Gasteiger partial charge < -0.3 is 23.4 Å². The number of thiazole rings is 1. The molecule has 3 aliphatic rings. The van der Waals surface area contributed by atoms with E-state index in [2.05, 4.69) is 4.98 Å². The first-order valence-corrected chi connectivity index (χ1v) is 18.3. The number of hydrogen-bond donors (Lipinski definition) is 1. The lowest BCUT2D eigenvalue weighted by Crippen LogP contribution is -2.58. The summed E-state index contributed by atoms with van der Waals surface area (Å²) < 4.78 is 35.7. The van der Waals surface area contributed by atoms with Crippen LogP contribution >= 0.6 is 23.1 Å². The lowest BCUT2D eigenvalue weighted by atomic mass is 9.81. The first-order valence-electron chi connectivity index (χ1n) is 15.3. The molecule has 2 fully saturated rings. The van der Waals surface area contributed by atoms with Crippen molar-refractivity contribution in [1.82, 2.24) is 9.29 Å². The Labute approximate surface area is 282 Å². The normalized spacial score (nSPS) is 31.1. The molecule has 5 heterocycles. The number of carbonyl (C=O) groups is 3. The second-order valence-electron chi connectivity index (χ2n) is 12.0. The van der Waals surface area contributed by atoms with Crippen LogP contribution in [0.2, 0.25) is 0 Å². The quantitative estimate of drug-likeness (QED) is 0.412. The van der Waals surface area contributed by atoms with Gasteiger partial charge in [-0.3, -0.25) is 18.7 Å². The van der Waals surface area contributed by atoms with Crippen molar-refractivity contribution >= 4 is 57.0 Å². The number of rotatable bonds is 6. The van der Waals surface area contributed by atoms with E-state index in [9.17, 15) is 28.5 Å². The van der Waals surface area contributed by atoms with Crippen molar-refractivity contribution in [3.63, 3.8) is 0 Å². The Kier molecular flexibility index (Phi) is 11.0. The number of carbonyl (C=O) groups excluding carboxylic acids is 3. The van der Waals surface area contributed by atoms with Crippen LogP contribution < -0.4 is 5.82 Å². The van der Waals surface area contributed by atoms with Crippen LogP contribution in [0.3, 0.4) is 0 Å². The maximum atomic E-state index is 14.5. The van der Waals surface area contributed by atoms with Crippen LogP contribution in [-0.4, -0.2) is 64.8 Å². The number of aliphatic hydroxyl groups is 1. The average molecular weight is 707 g/mol. The molecule has 0 spiro atoms. The Balaban J connectivity index is 1.51. The summed E-state index contributed by atoms with van der Waals surface area (Å²) in [5.41, 5.74) is -1.01. The maximum absolute atomic E-state index is 14.5. The van der Waals surface area contributed by atoms with Gasteiger partial charge in [-0.05, 0) is 78.0 Å². The molecule has 1 N–H and O–H groups in total. The van der Waals surface area contributed by atoms with Gasteiger partial charge in [0.05, 0.1) is 23.9 Å². The third kappa shape index (κ3) is 7.55.